The molecule has 0 radical (unpaired) electrons. The molecule has 0 atom stereocenters. The number of pyridine rings is 1. The molecule has 0 spiro atoms. The molecule has 0 aliphatic carbocycles. The lowest BCUT2D eigenvalue weighted by molar-refractivity contribution is 0.291. The summed E-state index contributed by atoms with van der Waals surface area (Å²) < 4.78 is 45.7. The molecule has 3 rings (SSSR count). The van der Waals surface area contributed by atoms with Crippen LogP contribution < -0.4 is 4.74 Å². The van der Waals surface area contributed by atoms with Crippen molar-refractivity contribution in [3.05, 3.63) is 70.7 Å². The van der Waals surface area contributed by atoms with E-state index in [4.69, 9.17) is 4.74 Å². The summed E-state index contributed by atoms with van der Waals surface area (Å²) in [5, 5.41) is 10.1. The van der Waals surface area contributed by atoms with E-state index in [0.717, 1.165) is 12.1 Å². The minimum absolute atomic E-state index is 0.0877. The number of aromatic nitrogens is 1. The number of hydrogen-bond acceptors (Lipinski definition) is 3. The Morgan fingerprint density at radius 1 is 1.04 bits per heavy atom. The van der Waals surface area contributed by atoms with Gasteiger partial charge in [0.25, 0.3) is 0 Å². The van der Waals surface area contributed by atoms with Crippen molar-refractivity contribution >= 4 is 10.8 Å². The molecule has 3 nitrogen and oxygen atoms in total. The Kier molecular flexibility index (Phi) is 4.09. The number of ether oxygens (including phenoxy) is 1. The fourth-order valence-corrected chi connectivity index (χ4v) is 2.41. The maximum Gasteiger partial charge on any atom is 0.222 e. The number of rotatable bonds is 3. The largest absolute Gasteiger partial charge is 0.472 e. The van der Waals surface area contributed by atoms with Crippen LogP contribution in [0.4, 0.5) is 13.2 Å². The van der Waals surface area contributed by atoms with Crippen LogP contribution in [0.1, 0.15) is 16.8 Å². The topological polar surface area (TPSA) is 45.9 Å². The van der Waals surface area contributed by atoms with Crippen LogP contribution in [0.15, 0.2) is 36.4 Å². The van der Waals surface area contributed by atoms with Crippen LogP contribution in [0.2, 0.25) is 0 Å². The summed E-state index contributed by atoms with van der Waals surface area (Å²) in [4.78, 5) is 4.17. The molecule has 1 heterocycles. The standard InChI is InChI=1S/C18H11F3N2O/c1-10-16(8-22)14-5-4-12(19)6-15(14)18(23-10)24-9-11-2-3-13(20)7-17(11)21/h2-7H,9H2,1H3. The second kappa shape index (κ2) is 6.20. The molecule has 120 valence electrons. The minimum Gasteiger partial charge on any atom is -0.472 e. The third-order valence-corrected chi connectivity index (χ3v) is 3.60. The predicted octanol–water partition coefficient (Wildman–Crippen LogP) is 4.41. The average molecular weight is 328 g/mol. The van der Waals surface area contributed by atoms with E-state index in [1.807, 2.05) is 6.07 Å². The van der Waals surface area contributed by atoms with E-state index in [-0.39, 0.29) is 18.1 Å². The maximum absolute atomic E-state index is 13.7. The number of aryl methyl sites for hydroxylation is 1. The van der Waals surface area contributed by atoms with Gasteiger partial charge in [0.05, 0.1) is 11.3 Å². The monoisotopic (exact) mass is 328 g/mol. The van der Waals surface area contributed by atoms with Crippen molar-refractivity contribution in [2.24, 2.45) is 0 Å². The van der Waals surface area contributed by atoms with E-state index < -0.39 is 17.5 Å². The highest BCUT2D eigenvalue weighted by atomic mass is 19.1. The van der Waals surface area contributed by atoms with Crippen LogP contribution >= 0.6 is 0 Å². The van der Waals surface area contributed by atoms with Gasteiger partial charge in [0.1, 0.15) is 30.1 Å². The third kappa shape index (κ3) is 2.88. The Bertz CT molecular complexity index is 980. The van der Waals surface area contributed by atoms with E-state index in [1.165, 1.54) is 24.3 Å². The van der Waals surface area contributed by atoms with E-state index in [2.05, 4.69) is 4.98 Å². The van der Waals surface area contributed by atoms with Gasteiger partial charge in [-0.3, -0.25) is 0 Å². The minimum atomic E-state index is -0.740. The lowest BCUT2D eigenvalue weighted by Gasteiger charge is -2.12. The number of benzene rings is 2. The molecule has 0 amide bonds. The highest BCUT2D eigenvalue weighted by molar-refractivity contribution is 5.92. The third-order valence-electron chi connectivity index (χ3n) is 3.60. The molecular formula is C18H11F3N2O. The Hall–Kier alpha value is -3.07. The zero-order valence-electron chi connectivity index (χ0n) is 12.6. The van der Waals surface area contributed by atoms with Gasteiger partial charge in [-0.1, -0.05) is 0 Å². The number of fused-ring (bicyclic) bond motifs is 1. The van der Waals surface area contributed by atoms with Crippen LogP contribution in [0.25, 0.3) is 10.8 Å². The van der Waals surface area contributed by atoms with Gasteiger partial charge in [0.15, 0.2) is 0 Å². The smallest absolute Gasteiger partial charge is 0.222 e. The molecule has 1 aromatic heterocycles. The summed E-state index contributed by atoms with van der Waals surface area (Å²) in [5.41, 5.74) is 0.890. The van der Waals surface area contributed by atoms with Gasteiger partial charge in [0.2, 0.25) is 5.88 Å². The molecule has 0 aliphatic heterocycles. The summed E-state index contributed by atoms with van der Waals surface area (Å²) in [6, 6.07) is 9.10. The summed E-state index contributed by atoms with van der Waals surface area (Å²) in [5.74, 6) is -1.84. The molecule has 3 aromatic rings. The van der Waals surface area contributed by atoms with Crippen LogP contribution in [-0.2, 0) is 6.61 Å². The van der Waals surface area contributed by atoms with Gasteiger partial charge in [-0.05, 0) is 37.3 Å². The first-order chi connectivity index (χ1) is 11.5. The van der Waals surface area contributed by atoms with Crippen LogP contribution in [0, 0.1) is 35.7 Å². The normalized spacial score (nSPS) is 10.6. The van der Waals surface area contributed by atoms with Crippen molar-refractivity contribution in [3.63, 3.8) is 0 Å². The molecule has 0 bridgehead atoms. The van der Waals surface area contributed by atoms with Crippen molar-refractivity contribution < 1.29 is 17.9 Å². The highest BCUT2D eigenvalue weighted by Crippen LogP contribution is 2.29. The van der Waals surface area contributed by atoms with Gasteiger partial charge in [0, 0.05) is 22.4 Å². The second-order valence-electron chi connectivity index (χ2n) is 5.20. The number of halogens is 3. The zero-order chi connectivity index (χ0) is 17.3. The lowest BCUT2D eigenvalue weighted by atomic mass is 10.1. The fourth-order valence-electron chi connectivity index (χ4n) is 2.41. The van der Waals surface area contributed by atoms with E-state index >= 15 is 0 Å². The summed E-state index contributed by atoms with van der Waals surface area (Å²) in [7, 11) is 0. The van der Waals surface area contributed by atoms with Gasteiger partial charge < -0.3 is 4.74 Å². The molecule has 24 heavy (non-hydrogen) atoms. The molecule has 2 aromatic carbocycles. The molecule has 0 aliphatic rings. The molecule has 0 N–H and O–H groups in total. The Balaban J connectivity index is 2.03. The quantitative estimate of drug-likeness (QED) is 0.715. The van der Waals surface area contributed by atoms with Crippen molar-refractivity contribution in [2.45, 2.75) is 13.5 Å². The Morgan fingerprint density at radius 3 is 2.46 bits per heavy atom. The predicted molar refractivity (Wildman–Crippen MR) is 81.8 cm³/mol. The van der Waals surface area contributed by atoms with Gasteiger partial charge >= 0.3 is 0 Å². The van der Waals surface area contributed by atoms with E-state index in [1.54, 1.807) is 6.92 Å². The number of hydrogen-bond donors (Lipinski definition) is 0. The number of nitrogens with zero attached hydrogens (tertiary/aromatic N) is 2. The first kappa shape index (κ1) is 15.8. The van der Waals surface area contributed by atoms with Crippen LogP contribution in [0.5, 0.6) is 5.88 Å². The van der Waals surface area contributed by atoms with Crippen LogP contribution in [-0.4, -0.2) is 4.98 Å². The van der Waals surface area contributed by atoms with Crippen molar-refractivity contribution in [3.8, 4) is 11.9 Å². The summed E-state index contributed by atoms with van der Waals surface area (Å²) in [6.07, 6.45) is 0. The maximum atomic E-state index is 13.7. The molecule has 0 fully saturated rings. The molecule has 6 heteroatoms. The fraction of sp³-hybridized carbons (Fsp3) is 0.111. The van der Waals surface area contributed by atoms with Gasteiger partial charge in [-0.2, -0.15) is 5.26 Å². The SMILES string of the molecule is Cc1nc(OCc2ccc(F)cc2F)c2cc(F)ccc2c1C#N. The van der Waals surface area contributed by atoms with Gasteiger partial charge in [-0.15, -0.1) is 0 Å². The van der Waals surface area contributed by atoms with Crippen LogP contribution in [0.3, 0.4) is 0 Å². The molecule has 0 saturated heterocycles. The van der Waals surface area contributed by atoms with E-state index in [9.17, 15) is 18.4 Å². The lowest BCUT2D eigenvalue weighted by Crippen LogP contribution is -2.03. The Labute approximate surface area is 135 Å². The molecule has 0 unspecified atom stereocenters. The summed E-state index contributed by atoms with van der Waals surface area (Å²) in [6.45, 7) is 1.43. The zero-order valence-corrected chi connectivity index (χ0v) is 12.6. The second-order valence-corrected chi connectivity index (χ2v) is 5.20. The van der Waals surface area contributed by atoms with E-state index in [0.29, 0.717) is 22.0 Å². The first-order valence-corrected chi connectivity index (χ1v) is 7.06. The molecule has 0 saturated carbocycles. The first-order valence-electron chi connectivity index (χ1n) is 7.06. The highest BCUT2D eigenvalue weighted by Gasteiger charge is 2.14. The van der Waals surface area contributed by atoms with Gasteiger partial charge in [-0.25, -0.2) is 18.2 Å². The summed E-state index contributed by atoms with van der Waals surface area (Å²) >= 11 is 0. The Morgan fingerprint density at radius 2 is 1.75 bits per heavy atom. The molecular weight excluding hydrogens is 317 g/mol. The average Bonchev–Trinajstić information content (AvgIpc) is 2.54. The van der Waals surface area contributed by atoms with Crippen molar-refractivity contribution in [1.82, 2.24) is 4.98 Å². The van der Waals surface area contributed by atoms with Crippen molar-refractivity contribution in [1.29, 1.82) is 5.26 Å². The van der Waals surface area contributed by atoms with Crippen molar-refractivity contribution in [2.75, 3.05) is 0 Å². The number of nitriles is 1.